The number of nitrogens with zero attached hydrogens (tertiary/aromatic N) is 2. The molecule has 4 atom stereocenters. The van der Waals surface area contributed by atoms with Crippen molar-refractivity contribution in [2.75, 3.05) is 20.3 Å². The number of ether oxygens (including phenoxy) is 2. The van der Waals surface area contributed by atoms with Crippen LogP contribution in [0.1, 0.15) is 84.3 Å². The molecule has 0 aromatic heterocycles. The lowest BCUT2D eigenvalue weighted by Crippen LogP contribution is -2.48. The van der Waals surface area contributed by atoms with E-state index in [0.29, 0.717) is 18.4 Å². The molecule has 284 valence electrons. The number of hydrogen-bond donors (Lipinski definition) is 2. The van der Waals surface area contributed by atoms with Crippen molar-refractivity contribution in [3.05, 3.63) is 47.5 Å². The standard InChI is InChI=1S/C38H52N4O10/c1-23(2)28(19-27(43)20-41-26(22-51-6)18-30(36(41)49)42-33(46)15-16-34(42)47)35(48)40-29(9-7-8-10-32(39)45)31(44)17-24-11-13-25(14-12-24)21-52-37(50)38(3,4)5/h11-16,23,26,28-30H,7-10,17-22H2,1-6H3,(H2,39,45)(H,40,48)/t26-,28-,29-,30-/m0/s1. The van der Waals surface area contributed by atoms with Gasteiger partial charge >= 0.3 is 5.97 Å². The van der Waals surface area contributed by atoms with Gasteiger partial charge in [0.05, 0.1) is 30.7 Å². The zero-order chi connectivity index (χ0) is 38.7. The number of amides is 5. The summed E-state index contributed by atoms with van der Waals surface area (Å²) in [6, 6.07) is 4.52. The molecular formula is C38H52N4O10. The Labute approximate surface area is 304 Å². The quantitative estimate of drug-likeness (QED) is 0.114. The summed E-state index contributed by atoms with van der Waals surface area (Å²) in [4.78, 5) is 104. The summed E-state index contributed by atoms with van der Waals surface area (Å²) < 4.78 is 10.6. The topological polar surface area (TPSA) is 200 Å². The van der Waals surface area contributed by atoms with E-state index in [9.17, 15) is 38.4 Å². The lowest BCUT2D eigenvalue weighted by atomic mass is 9.88. The number of carbonyl (C=O) groups excluding carboxylic acids is 8. The number of hydrogen-bond acceptors (Lipinski definition) is 10. The number of rotatable bonds is 20. The number of nitrogens with two attached hydrogens (primary N) is 1. The van der Waals surface area contributed by atoms with E-state index in [0.717, 1.165) is 22.6 Å². The third-order valence-electron chi connectivity index (χ3n) is 9.21. The molecule has 14 nitrogen and oxygen atoms in total. The van der Waals surface area contributed by atoms with Crippen molar-refractivity contribution in [3.63, 3.8) is 0 Å². The van der Waals surface area contributed by atoms with Gasteiger partial charge < -0.3 is 25.4 Å². The first-order valence-electron chi connectivity index (χ1n) is 17.7. The van der Waals surface area contributed by atoms with Gasteiger partial charge in [-0.2, -0.15) is 0 Å². The number of esters is 1. The van der Waals surface area contributed by atoms with Crippen LogP contribution in [0.2, 0.25) is 0 Å². The number of methoxy groups -OCH3 is 1. The molecule has 2 heterocycles. The fraction of sp³-hybridized carbons (Fsp3) is 0.579. The van der Waals surface area contributed by atoms with E-state index in [2.05, 4.69) is 5.32 Å². The first kappa shape index (κ1) is 41.7. The van der Waals surface area contributed by atoms with E-state index in [1.807, 2.05) is 0 Å². The average Bonchev–Trinajstić information content (AvgIpc) is 3.55. The van der Waals surface area contributed by atoms with Crippen LogP contribution in [-0.2, 0) is 60.9 Å². The molecule has 1 saturated heterocycles. The van der Waals surface area contributed by atoms with E-state index >= 15 is 0 Å². The number of unbranched alkanes of at least 4 members (excludes halogenated alkanes) is 1. The number of Topliss-reactive ketones (excluding diaryl/α,β-unsaturated/α-hetero) is 2. The molecule has 1 aromatic rings. The number of benzene rings is 1. The maximum Gasteiger partial charge on any atom is 0.311 e. The summed E-state index contributed by atoms with van der Waals surface area (Å²) in [6.45, 7) is 8.69. The first-order valence-corrected chi connectivity index (χ1v) is 17.7. The zero-order valence-electron chi connectivity index (χ0n) is 31.0. The van der Waals surface area contributed by atoms with E-state index < -0.39 is 64.8 Å². The summed E-state index contributed by atoms with van der Waals surface area (Å²) in [6.07, 6.45) is 3.36. The van der Waals surface area contributed by atoms with Crippen molar-refractivity contribution in [3.8, 4) is 0 Å². The van der Waals surface area contributed by atoms with Crippen LogP contribution in [0.25, 0.3) is 0 Å². The van der Waals surface area contributed by atoms with E-state index in [4.69, 9.17) is 15.2 Å². The molecule has 52 heavy (non-hydrogen) atoms. The molecule has 0 spiro atoms. The second-order valence-corrected chi connectivity index (χ2v) is 14.9. The van der Waals surface area contributed by atoms with Crippen LogP contribution in [0.4, 0.5) is 0 Å². The van der Waals surface area contributed by atoms with Gasteiger partial charge in [-0.1, -0.05) is 44.5 Å². The van der Waals surface area contributed by atoms with Crippen molar-refractivity contribution in [2.45, 2.75) is 104 Å². The smallest absolute Gasteiger partial charge is 0.311 e. The van der Waals surface area contributed by atoms with Crippen LogP contribution in [0.5, 0.6) is 0 Å². The van der Waals surface area contributed by atoms with Crippen molar-refractivity contribution < 1.29 is 47.8 Å². The second kappa shape index (κ2) is 18.7. The summed E-state index contributed by atoms with van der Waals surface area (Å²) >= 11 is 0. The number of imide groups is 1. The molecule has 1 fully saturated rings. The maximum atomic E-state index is 13.7. The van der Waals surface area contributed by atoms with Crippen LogP contribution < -0.4 is 11.1 Å². The van der Waals surface area contributed by atoms with Gasteiger partial charge in [-0.05, 0) is 50.7 Å². The number of primary amides is 1. The maximum absolute atomic E-state index is 13.7. The van der Waals surface area contributed by atoms with Gasteiger partial charge in [-0.25, -0.2) is 0 Å². The minimum atomic E-state index is -1.06. The van der Waals surface area contributed by atoms with Crippen LogP contribution in [-0.4, -0.2) is 95.3 Å². The molecular weight excluding hydrogens is 672 g/mol. The van der Waals surface area contributed by atoms with Crippen molar-refractivity contribution in [2.24, 2.45) is 23.0 Å². The largest absolute Gasteiger partial charge is 0.460 e. The Hall–Kier alpha value is -4.72. The van der Waals surface area contributed by atoms with E-state index in [1.165, 1.54) is 12.0 Å². The van der Waals surface area contributed by atoms with Crippen molar-refractivity contribution >= 4 is 47.1 Å². The van der Waals surface area contributed by atoms with Gasteiger partial charge in [0, 0.05) is 50.9 Å². The normalized spacial score (nSPS) is 18.6. The van der Waals surface area contributed by atoms with E-state index in [-0.39, 0.29) is 69.5 Å². The van der Waals surface area contributed by atoms with Crippen LogP contribution in [0.3, 0.4) is 0 Å². The predicted octanol–water partition coefficient (Wildman–Crippen LogP) is 2.19. The molecule has 0 saturated carbocycles. The summed E-state index contributed by atoms with van der Waals surface area (Å²) in [5.74, 6) is -4.84. The minimum Gasteiger partial charge on any atom is -0.460 e. The fourth-order valence-corrected chi connectivity index (χ4v) is 6.16. The molecule has 0 aliphatic carbocycles. The van der Waals surface area contributed by atoms with Crippen LogP contribution in [0, 0.1) is 17.3 Å². The SMILES string of the molecule is COC[C@@H]1C[C@H](N2C(=O)C=CC2=O)C(=O)N1CC(=O)C[C@H](C(=O)N[C@@H](CCCCC(N)=O)C(=O)Cc1ccc(COC(=O)C(C)(C)C)cc1)C(C)C. The highest BCUT2D eigenvalue weighted by Crippen LogP contribution is 2.27. The monoisotopic (exact) mass is 724 g/mol. The van der Waals surface area contributed by atoms with Crippen LogP contribution >= 0.6 is 0 Å². The number of carbonyl (C=O) groups is 8. The number of likely N-dealkylation sites (tertiary alicyclic amines) is 1. The Morgan fingerprint density at radius 2 is 1.58 bits per heavy atom. The Kier molecular flexibility index (Phi) is 15.0. The molecule has 0 bridgehead atoms. The molecule has 3 N–H and O–H groups in total. The highest BCUT2D eigenvalue weighted by Gasteiger charge is 2.47. The molecule has 5 amide bonds. The predicted molar refractivity (Wildman–Crippen MR) is 189 cm³/mol. The molecule has 2 aliphatic rings. The lowest BCUT2D eigenvalue weighted by Gasteiger charge is -2.27. The number of nitrogens with one attached hydrogen (secondary N) is 1. The molecule has 2 aliphatic heterocycles. The Morgan fingerprint density at radius 3 is 2.13 bits per heavy atom. The van der Waals surface area contributed by atoms with Gasteiger partial charge in [0.25, 0.3) is 11.8 Å². The highest BCUT2D eigenvalue weighted by molar-refractivity contribution is 6.15. The number of ketones is 2. The van der Waals surface area contributed by atoms with Gasteiger partial charge in [-0.15, -0.1) is 0 Å². The third kappa shape index (κ3) is 11.7. The molecule has 14 heteroatoms. The Bertz CT molecular complexity index is 1530. The van der Waals surface area contributed by atoms with Crippen molar-refractivity contribution in [1.29, 1.82) is 0 Å². The van der Waals surface area contributed by atoms with Gasteiger partial charge in [0.2, 0.25) is 17.7 Å². The Morgan fingerprint density at radius 1 is 0.962 bits per heavy atom. The molecule has 0 unspecified atom stereocenters. The molecule has 0 radical (unpaired) electrons. The van der Waals surface area contributed by atoms with Gasteiger partial charge in [0.1, 0.15) is 12.6 Å². The lowest BCUT2D eigenvalue weighted by molar-refractivity contribution is -0.154. The zero-order valence-corrected chi connectivity index (χ0v) is 31.0. The third-order valence-corrected chi connectivity index (χ3v) is 9.21. The van der Waals surface area contributed by atoms with Crippen molar-refractivity contribution in [1.82, 2.24) is 15.1 Å². The summed E-state index contributed by atoms with van der Waals surface area (Å²) in [5.41, 5.74) is 6.10. The minimum absolute atomic E-state index is 0.00473. The highest BCUT2D eigenvalue weighted by atomic mass is 16.5. The molecule has 3 rings (SSSR count). The summed E-state index contributed by atoms with van der Waals surface area (Å²) in [7, 11) is 1.44. The second-order valence-electron chi connectivity index (χ2n) is 14.9. The fourth-order valence-electron chi connectivity index (χ4n) is 6.16. The van der Waals surface area contributed by atoms with Gasteiger partial charge in [0.15, 0.2) is 11.6 Å². The molecule has 1 aromatic carbocycles. The van der Waals surface area contributed by atoms with E-state index in [1.54, 1.807) is 58.9 Å². The van der Waals surface area contributed by atoms with Gasteiger partial charge in [-0.3, -0.25) is 43.3 Å². The summed E-state index contributed by atoms with van der Waals surface area (Å²) in [5, 5.41) is 2.85. The first-order chi connectivity index (χ1) is 24.4. The Balaban J connectivity index is 1.68. The average molecular weight is 725 g/mol. The van der Waals surface area contributed by atoms with Crippen LogP contribution in [0.15, 0.2) is 36.4 Å².